The fourth-order valence-corrected chi connectivity index (χ4v) is 2.98. The lowest BCUT2D eigenvalue weighted by molar-refractivity contribution is 0.267. The van der Waals surface area contributed by atoms with Crippen LogP contribution in [0.15, 0.2) is 18.2 Å². The molecule has 0 heterocycles. The molecule has 1 atom stereocenters. The van der Waals surface area contributed by atoms with E-state index >= 15 is 0 Å². The number of aryl methyl sites for hydroxylation is 1. The number of methoxy groups -OCH3 is 1. The Morgan fingerprint density at radius 2 is 2.19 bits per heavy atom. The molecule has 3 nitrogen and oxygen atoms in total. The summed E-state index contributed by atoms with van der Waals surface area (Å²) in [5.74, 6) is 0.974. The predicted molar refractivity (Wildman–Crippen MR) is 89.1 cm³/mol. The maximum Gasteiger partial charge on any atom is 0.119 e. The van der Waals surface area contributed by atoms with Crippen LogP contribution < -0.4 is 10.1 Å². The molecule has 0 bridgehead atoms. The van der Waals surface area contributed by atoms with Crippen molar-refractivity contribution in [2.24, 2.45) is 0 Å². The number of nitrogens with one attached hydrogen (secondary N) is 1. The topological polar surface area (TPSA) is 24.5 Å². The van der Waals surface area contributed by atoms with Crippen molar-refractivity contribution >= 4 is 0 Å². The summed E-state index contributed by atoms with van der Waals surface area (Å²) in [6.45, 7) is 6.73. The van der Waals surface area contributed by atoms with Crippen molar-refractivity contribution in [3.63, 3.8) is 0 Å². The van der Waals surface area contributed by atoms with Crippen LogP contribution in [0.1, 0.15) is 50.3 Å². The summed E-state index contributed by atoms with van der Waals surface area (Å²) in [5, 5.41) is 3.74. The molecule has 2 rings (SSSR count). The van der Waals surface area contributed by atoms with Crippen LogP contribution in [0.4, 0.5) is 0 Å². The van der Waals surface area contributed by atoms with Crippen LogP contribution in [0.25, 0.3) is 0 Å². The molecule has 1 aromatic carbocycles. The first-order valence-electron chi connectivity index (χ1n) is 8.22. The minimum absolute atomic E-state index is 0.494. The molecule has 0 saturated carbocycles. The first-order chi connectivity index (χ1) is 10.1. The molecular formula is C18H30N2O. The molecule has 118 valence electrons. The summed E-state index contributed by atoms with van der Waals surface area (Å²) in [4.78, 5) is 2.40. The summed E-state index contributed by atoms with van der Waals surface area (Å²) in [5.41, 5.74) is 2.93. The minimum Gasteiger partial charge on any atom is -0.497 e. The van der Waals surface area contributed by atoms with Gasteiger partial charge in [0, 0.05) is 12.1 Å². The van der Waals surface area contributed by atoms with Gasteiger partial charge >= 0.3 is 0 Å². The molecule has 0 saturated heterocycles. The van der Waals surface area contributed by atoms with Gasteiger partial charge in [-0.3, -0.25) is 0 Å². The molecule has 0 amide bonds. The highest BCUT2D eigenvalue weighted by molar-refractivity contribution is 5.39. The van der Waals surface area contributed by atoms with E-state index < -0.39 is 0 Å². The maximum absolute atomic E-state index is 5.38. The Kier molecular flexibility index (Phi) is 6.07. The summed E-state index contributed by atoms with van der Waals surface area (Å²) in [6.07, 6.45) is 4.92. The lowest BCUT2D eigenvalue weighted by atomic mass is 9.87. The molecule has 21 heavy (non-hydrogen) atoms. The molecule has 1 aliphatic rings. The molecule has 0 spiro atoms. The Morgan fingerprint density at radius 1 is 1.38 bits per heavy atom. The molecule has 0 aromatic heterocycles. The summed E-state index contributed by atoms with van der Waals surface area (Å²) in [7, 11) is 3.94. The highest BCUT2D eigenvalue weighted by Gasteiger charge is 2.20. The number of ether oxygens (including phenoxy) is 1. The second-order valence-electron chi connectivity index (χ2n) is 6.39. The number of nitrogens with zero attached hydrogens (tertiary/aromatic N) is 1. The van der Waals surface area contributed by atoms with Crippen molar-refractivity contribution in [2.75, 3.05) is 27.2 Å². The Morgan fingerprint density at radius 3 is 2.90 bits per heavy atom. The summed E-state index contributed by atoms with van der Waals surface area (Å²) >= 11 is 0. The van der Waals surface area contributed by atoms with Gasteiger partial charge in [-0.1, -0.05) is 6.07 Å². The van der Waals surface area contributed by atoms with Crippen molar-refractivity contribution in [3.8, 4) is 5.75 Å². The molecule has 0 aliphatic heterocycles. The summed E-state index contributed by atoms with van der Waals surface area (Å²) < 4.78 is 5.38. The third kappa shape index (κ3) is 4.45. The van der Waals surface area contributed by atoms with E-state index in [1.54, 1.807) is 7.11 Å². The molecule has 1 aromatic rings. The Labute approximate surface area is 129 Å². The number of fused-ring (bicyclic) bond motifs is 1. The van der Waals surface area contributed by atoms with Crippen molar-refractivity contribution in [2.45, 2.75) is 51.6 Å². The second-order valence-corrected chi connectivity index (χ2v) is 6.39. The van der Waals surface area contributed by atoms with Gasteiger partial charge in [-0.05, 0) is 82.9 Å². The highest BCUT2D eigenvalue weighted by Crippen LogP contribution is 2.32. The van der Waals surface area contributed by atoms with E-state index in [2.05, 4.69) is 49.3 Å². The highest BCUT2D eigenvalue weighted by atomic mass is 16.5. The average Bonchev–Trinajstić information content (AvgIpc) is 2.50. The van der Waals surface area contributed by atoms with Gasteiger partial charge in [-0.25, -0.2) is 0 Å². The zero-order chi connectivity index (χ0) is 15.2. The van der Waals surface area contributed by atoms with E-state index in [0.717, 1.165) is 18.8 Å². The molecule has 3 heteroatoms. The number of hydrogen-bond donors (Lipinski definition) is 1. The normalized spacial score (nSPS) is 18.1. The van der Waals surface area contributed by atoms with E-state index in [0.29, 0.717) is 12.1 Å². The lowest BCUT2D eigenvalue weighted by Gasteiger charge is -2.27. The predicted octanol–water partition coefficient (Wildman–Crippen LogP) is 3.39. The fourth-order valence-electron chi connectivity index (χ4n) is 2.98. The van der Waals surface area contributed by atoms with Crippen LogP contribution in [0.3, 0.4) is 0 Å². The van der Waals surface area contributed by atoms with Crippen LogP contribution >= 0.6 is 0 Å². The van der Waals surface area contributed by atoms with Gasteiger partial charge < -0.3 is 15.0 Å². The monoisotopic (exact) mass is 290 g/mol. The van der Waals surface area contributed by atoms with Gasteiger partial charge in [0.2, 0.25) is 0 Å². The van der Waals surface area contributed by atoms with Gasteiger partial charge in [0.1, 0.15) is 5.75 Å². The lowest BCUT2D eigenvalue weighted by Crippen LogP contribution is -2.31. The van der Waals surface area contributed by atoms with Gasteiger partial charge in [0.25, 0.3) is 0 Å². The van der Waals surface area contributed by atoms with E-state index in [9.17, 15) is 0 Å². The number of benzene rings is 1. The van der Waals surface area contributed by atoms with E-state index in [1.165, 1.54) is 36.8 Å². The molecule has 1 unspecified atom stereocenters. The van der Waals surface area contributed by atoms with Crippen molar-refractivity contribution < 1.29 is 4.74 Å². The van der Waals surface area contributed by atoms with Crippen molar-refractivity contribution in [1.29, 1.82) is 0 Å². The molecule has 0 fully saturated rings. The van der Waals surface area contributed by atoms with Crippen molar-refractivity contribution in [3.05, 3.63) is 29.3 Å². The van der Waals surface area contributed by atoms with Crippen LogP contribution in [-0.4, -0.2) is 38.2 Å². The number of rotatable bonds is 7. The van der Waals surface area contributed by atoms with Crippen LogP contribution in [0.5, 0.6) is 5.75 Å². The molecule has 1 aliphatic carbocycles. The van der Waals surface area contributed by atoms with Crippen LogP contribution in [0, 0.1) is 0 Å². The third-order valence-corrected chi connectivity index (χ3v) is 4.63. The Balaban J connectivity index is 1.88. The fraction of sp³-hybridized carbons (Fsp3) is 0.667. The molecule has 0 radical (unpaired) electrons. The largest absolute Gasteiger partial charge is 0.497 e. The zero-order valence-corrected chi connectivity index (χ0v) is 14.0. The zero-order valence-electron chi connectivity index (χ0n) is 14.0. The van der Waals surface area contributed by atoms with E-state index in [1.807, 2.05) is 0 Å². The van der Waals surface area contributed by atoms with Crippen LogP contribution in [0.2, 0.25) is 0 Å². The first kappa shape index (κ1) is 16.3. The minimum atomic E-state index is 0.494. The maximum atomic E-state index is 5.38. The molecule has 1 N–H and O–H groups in total. The van der Waals surface area contributed by atoms with Gasteiger partial charge in [-0.15, -0.1) is 0 Å². The quantitative estimate of drug-likeness (QED) is 0.779. The SMILES string of the molecule is COc1ccc2c(c1)C(NCCCN(C)C(C)C)CCC2. The smallest absolute Gasteiger partial charge is 0.119 e. The van der Waals surface area contributed by atoms with E-state index in [4.69, 9.17) is 4.74 Å². The average molecular weight is 290 g/mol. The summed E-state index contributed by atoms with van der Waals surface area (Å²) in [6, 6.07) is 7.65. The first-order valence-corrected chi connectivity index (χ1v) is 8.22. The Hall–Kier alpha value is -1.06. The van der Waals surface area contributed by atoms with E-state index in [-0.39, 0.29) is 0 Å². The third-order valence-electron chi connectivity index (χ3n) is 4.63. The Bertz CT molecular complexity index is 445. The number of hydrogen-bond acceptors (Lipinski definition) is 3. The second kappa shape index (κ2) is 7.81. The van der Waals surface area contributed by atoms with Gasteiger partial charge in [-0.2, -0.15) is 0 Å². The van der Waals surface area contributed by atoms with Crippen molar-refractivity contribution in [1.82, 2.24) is 10.2 Å². The standard InChI is InChI=1S/C18H30N2O/c1-14(2)20(3)12-6-11-19-18-8-5-7-15-9-10-16(21-4)13-17(15)18/h9-10,13-14,18-19H,5-8,11-12H2,1-4H3. The van der Waals surface area contributed by atoms with Gasteiger partial charge in [0.15, 0.2) is 0 Å². The van der Waals surface area contributed by atoms with Crippen LogP contribution in [-0.2, 0) is 6.42 Å². The molecular weight excluding hydrogens is 260 g/mol. The van der Waals surface area contributed by atoms with Gasteiger partial charge in [0.05, 0.1) is 7.11 Å².